The molecule has 1 N–H and O–H groups in total. The molecule has 2 amide bonds. The lowest BCUT2D eigenvalue weighted by molar-refractivity contribution is -0.137. The van der Waals surface area contributed by atoms with Crippen molar-refractivity contribution < 1.29 is 27.5 Å². The number of anilines is 2. The molecule has 8 heteroatoms. The molecule has 1 aliphatic rings. The highest BCUT2D eigenvalue weighted by Crippen LogP contribution is 2.29. The van der Waals surface area contributed by atoms with Crippen LogP contribution in [0.25, 0.3) is 0 Å². The molecule has 1 saturated heterocycles. The molecule has 1 heterocycles. The Bertz CT molecular complexity index is 819. The zero-order chi connectivity index (χ0) is 18.7. The number of benzene rings is 2. The predicted molar refractivity (Wildman–Crippen MR) is 88.9 cm³/mol. The topological polar surface area (TPSA) is 58.6 Å². The van der Waals surface area contributed by atoms with Crippen LogP contribution in [0.3, 0.4) is 0 Å². The summed E-state index contributed by atoms with van der Waals surface area (Å²) in [4.78, 5) is 25.2. The molecule has 0 unspecified atom stereocenters. The Kier molecular flexibility index (Phi) is 4.83. The number of hydrogen-bond donors (Lipinski definition) is 1. The molecule has 2 aromatic carbocycles. The Balaban J connectivity index is 1.64. The summed E-state index contributed by atoms with van der Waals surface area (Å²) in [7, 11) is 0. The Hall–Kier alpha value is -3.03. The minimum atomic E-state index is -4.40. The molecule has 136 valence electrons. The quantitative estimate of drug-likeness (QED) is 0.897. The first-order valence-corrected chi connectivity index (χ1v) is 7.83. The summed E-state index contributed by atoms with van der Waals surface area (Å²) in [6, 6.07) is 11.2. The van der Waals surface area contributed by atoms with E-state index < -0.39 is 17.8 Å². The number of rotatable bonds is 4. The van der Waals surface area contributed by atoms with Crippen molar-refractivity contribution in [1.82, 2.24) is 0 Å². The van der Waals surface area contributed by atoms with Gasteiger partial charge in [0.25, 0.3) is 0 Å². The van der Waals surface area contributed by atoms with E-state index in [0.29, 0.717) is 30.1 Å². The van der Waals surface area contributed by atoms with Crippen molar-refractivity contribution >= 4 is 23.4 Å². The number of carbonyl (C=O) groups is 2. The minimum absolute atomic E-state index is 0.0614. The van der Waals surface area contributed by atoms with Gasteiger partial charge in [0.15, 0.2) is 0 Å². The SMILES string of the molecule is O=C(Cc1ccc(C(F)(F)F)cc1)Nc1cccc(N2CCOC2=O)c1. The van der Waals surface area contributed by atoms with Crippen LogP contribution in [0.15, 0.2) is 48.5 Å². The van der Waals surface area contributed by atoms with Crippen molar-refractivity contribution in [2.24, 2.45) is 0 Å². The van der Waals surface area contributed by atoms with Crippen molar-refractivity contribution in [2.45, 2.75) is 12.6 Å². The van der Waals surface area contributed by atoms with Crippen LogP contribution in [-0.2, 0) is 22.1 Å². The van der Waals surface area contributed by atoms with Crippen LogP contribution in [0.5, 0.6) is 0 Å². The maximum absolute atomic E-state index is 12.5. The highest BCUT2D eigenvalue weighted by Gasteiger charge is 2.30. The standard InChI is InChI=1S/C18H15F3N2O3/c19-18(20,21)13-6-4-12(5-7-13)10-16(24)22-14-2-1-3-15(11-14)23-8-9-26-17(23)25/h1-7,11H,8-10H2,(H,22,24). The average molecular weight is 364 g/mol. The number of amides is 2. The van der Waals surface area contributed by atoms with E-state index in [-0.39, 0.29) is 12.3 Å². The molecule has 2 aromatic rings. The summed E-state index contributed by atoms with van der Waals surface area (Å²) in [5, 5.41) is 2.67. The smallest absolute Gasteiger partial charge is 0.416 e. The molecule has 0 aliphatic carbocycles. The third-order valence-corrected chi connectivity index (χ3v) is 3.85. The van der Waals surface area contributed by atoms with Gasteiger partial charge < -0.3 is 10.1 Å². The first kappa shape index (κ1) is 17.8. The Morgan fingerprint density at radius 3 is 2.50 bits per heavy atom. The van der Waals surface area contributed by atoms with Gasteiger partial charge in [-0.05, 0) is 35.9 Å². The van der Waals surface area contributed by atoms with E-state index in [1.807, 2.05) is 0 Å². The molecule has 3 rings (SSSR count). The summed E-state index contributed by atoms with van der Waals surface area (Å²) >= 11 is 0. The third-order valence-electron chi connectivity index (χ3n) is 3.85. The van der Waals surface area contributed by atoms with Gasteiger partial charge in [-0.2, -0.15) is 13.2 Å². The van der Waals surface area contributed by atoms with E-state index in [4.69, 9.17) is 4.74 Å². The molecular formula is C18H15F3N2O3. The van der Waals surface area contributed by atoms with Gasteiger partial charge in [-0.3, -0.25) is 9.69 Å². The first-order valence-electron chi connectivity index (χ1n) is 7.83. The van der Waals surface area contributed by atoms with E-state index in [2.05, 4.69) is 5.32 Å². The summed E-state index contributed by atoms with van der Waals surface area (Å²) in [5.41, 5.74) is 0.792. The number of carbonyl (C=O) groups excluding carboxylic acids is 2. The van der Waals surface area contributed by atoms with E-state index in [9.17, 15) is 22.8 Å². The maximum atomic E-state index is 12.5. The molecule has 26 heavy (non-hydrogen) atoms. The molecule has 0 atom stereocenters. The van der Waals surface area contributed by atoms with Crippen LogP contribution in [-0.4, -0.2) is 25.2 Å². The molecule has 0 radical (unpaired) electrons. The largest absolute Gasteiger partial charge is 0.447 e. The molecule has 0 aromatic heterocycles. The summed E-state index contributed by atoms with van der Waals surface area (Å²) in [6.45, 7) is 0.741. The van der Waals surface area contributed by atoms with Crippen molar-refractivity contribution in [3.05, 3.63) is 59.7 Å². The lowest BCUT2D eigenvalue weighted by Crippen LogP contribution is -2.23. The van der Waals surface area contributed by atoms with Crippen molar-refractivity contribution in [2.75, 3.05) is 23.4 Å². The second-order valence-electron chi connectivity index (χ2n) is 5.74. The van der Waals surface area contributed by atoms with Gasteiger partial charge in [-0.15, -0.1) is 0 Å². The van der Waals surface area contributed by atoms with Crippen molar-refractivity contribution in [1.29, 1.82) is 0 Å². The molecule has 1 fully saturated rings. The minimum Gasteiger partial charge on any atom is -0.447 e. The molecule has 0 spiro atoms. The molecule has 5 nitrogen and oxygen atoms in total. The number of ether oxygens (including phenoxy) is 1. The number of nitrogens with zero attached hydrogens (tertiary/aromatic N) is 1. The zero-order valence-corrected chi connectivity index (χ0v) is 13.5. The second kappa shape index (κ2) is 7.07. The lowest BCUT2D eigenvalue weighted by Gasteiger charge is -2.14. The fourth-order valence-electron chi connectivity index (χ4n) is 2.58. The van der Waals surface area contributed by atoms with Crippen molar-refractivity contribution in [3.8, 4) is 0 Å². The zero-order valence-electron chi connectivity index (χ0n) is 13.5. The molecule has 0 saturated carbocycles. The van der Waals surface area contributed by atoms with Crippen LogP contribution in [0.1, 0.15) is 11.1 Å². The Morgan fingerprint density at radius 1 is 1.15 bits per heavy atom. The fraction of sp³-hybridized carbons (Fsp3) is 0.222. The van der Waals surface area contributed by atoms with Gasteiger partial charge in [0.05, 0.1) is 18.5 Å². The number of nitrogens with one attached hydrogen (secondary N) is 1. The van der Waals surface area contributed by atoms with E-state index in [0.717, 1.165) is 12.1 Å². The lowest BCUT2D eigenvalue weighted by atomic mass is 10.1. The van der Waals surface area contributed by atoms with Crippen LogP contribution in [0.4, 0.5) is 29.3 Å². The van der Waals surface area contributed by atoms with Gasteiger partial charge in [-0.25, -0.2) is 4.79 Å². The van der Waals surface area contributed by atoms with Crippen molar-refractivity contribution in [3.63, 3.8) is 0 Å². The summed E-state index contributed by atoms with van der Waals surface area (Å²) in [6.07, 6.45) is -4.91. The second-order valence-corrected chi connectivity index (χ2v) is 5.74. The van der Waals surface area contributed by atoms with Gasteiger partial charge >= 0.3 is 12.3 Å². The van der Waals surface area contributed by atoms with Gasteiger partial charge in [0, 0.05) is 11.4 Å². The van der Waals surface area contributed by atoms with Gasteiger partial charge in [-0.1, -0.05) is 18.2 Å². The first-order chi connectivity index (χ1) is 12.3. The van der Waals surface area contributed by atoms with E-state index in [1.54, 1.807) is 24.3 Å². The number of hydrogen-bond acceptors (Lipinski definition) is 3. The normalized spacial score (nSPS) is 14.3. The van der Waals surface area contributed by atoms with Gasteiger partial charge in [0.2, 0.25) is 5.91 Å². The molecular weight excluding hydrogens is 349 g/mol. The number of cyclic esters (lactones) is 1. The highest BCUT2D eigenvalue weighted by atomic mass is 19.4. The van der Waals surface area contributed by atoms with Crippen LogP contribution < -0.4 is 10.2 Å². The number of alkyl halides is 3. The van der Waals surface area contributed by atoms with Crippen LogP contribution in [0.2, 0.25) is 0 Å². The summed E-state index contributed by atoms with van der Waals surface area (Å²) in [5.74, 6) is -0.370. The average Bonchev–Trinajstić information content (AvgIpc) is 3.01. The van der Waals surface area contributed by atoms with Gasteiger partial charge in [0.1, 0.15) is 6.61 Å². The third kappa shape index (κ3) is 4.14. The van der Waals surface area contributed by atoms with Crippen LogP contribution in [0, 0.1) is 0 Å². The molecule has 0 bridgehead atoms. The highest BCUT2D eigenvalue weighted by molar-refractivity contribution is 5.94. The van der Waals surface area contributed by atoms with E-state index in [1.165, 1.54) is 17.0 Å². The number of halogens is 3. The monoisotopic (exact) mass is 364 g/mol. The van der Waals surface area contributed by atoms with Crippen LogP contribution >= 0.6 is 0 Å². The maximum Gasteiger partial charge on any atom is 0.416 e. The predicted octanol–water partition coefficient (Wildman–Crippen LogP) is 3.84. The summed E-state index contributed by atoms with van der Waals surface area (Å²) < 4.78 is 42.5. The van der Waals surface area contributed by atoms with E-state index >= 15 is 0 Å². The fourth-order valence-corrected chi connectivity index (χ4v) is 2.58. The Labute approximate surface area is 147 Å². The molecule has 1 aliphatic heterocycles. The Morgan fingerprint density at radius 2 is 1.88 bits per heavy atom.